The van der Waals surface area contributed by atoms with Crippen molar-refractivity contribution < 1.29 is 5.11 Å². The highest BCUT2D eigenvalue weighted by Gasteiger charge is 2.33. The van der Waals surface area contributed by atoms with Crippen LogP contribution in [0.3, 0.4) is 0 Å². The summed E-state index contributed by atoms with van der Waals surface area (Å²) in [6, 6.07) is 10.6. The average Bonchev–Trinajstić information content (AvgIpc) is 2.59. The number of rotatable bonds is 2. The molecule has 0 spiro atoms. The number of fused-ring (bicyclic) bond motifs is 1. The summed E-state index contributed by atoms with van der Waals surface area (Å²) in [4.78, 5) is 2.53. The van der Waals surface area contributed by atoms with E-state index in [0.29, 0.717) is 5.92 Å². The first-order valence-electron chi connectivity index (χ1n) is 5.99. The van der Waals surface area contributed by atoms with Gasteiger partial charge in [0.1, 0.15) is 0 Å². The standard InChI is InChI=1S/C15H16OS/c1-9-7-13(10(2)17-9)15(16)14-8-11-5-3-4-6-12(11)14/h3-7,14-16H,8H2,1-2H3. The molecule has 0 amide bonds. The quantitative estimate of drug-likeness (QED) is 0.853. The molecule has 1 nitrogen and oxygen atoms in total. The third kappa shape index (κ3) is 1.72. The molecule has 0 aliphatic heterocycles. The first-order chi connectivity index (χ1) is 8.16. The maximum Gasteiger partial charge on any atom is 0.0872 e. The van der Waals surface area contributed by atoms with Crippen LogP contribution in [0.2, 0.25) is 0 Å². The molecule has 0 saturated carbocycles. The van der Waals surface area contributed by atoms with Crippen LogP contribution in [-0.4, -0.2) is 5.11 Å². The van der Waals surface area contributed by atoms with E-state index in [1.807, 2.05) is 0 Å². The van der Waals surface area contributed by atoms with E-state index < -0.39 is 0 Å². The minimum absolute atomic E-state index is 0.291. The number of aliphatic hydroxyl groups excluding tert-OH is 1. The highest BCUT2D eigenvalue weighted by atomic mass is 32.1. The Morgan fingerprint density at radius 3 is 2.71 bits per heavy atom. The summed E-state index contributed by atoms with van der Waals surface area (Å²) in [7, 11) is 0. The Morgan fingerprint density at radius 2 is 2.06 bits per heavy atom. The highest BCUT2D eigenvalue weighted by Crippen LogP contribution is 2.45. The van der Waals surface area contributed by atoms with E-state index in [-0.39, 0.29) is 6.10 Å². The predicted octanol–water partition coefficient (Wildman–Crippen LogP) is 3.74. The second-order valence-corrected chi connectivity index (χ2v) is 6.28. The molecule has 2 atom stereocenters. The van der Waals surface area contributed by atoms with Gasteiger partial charge in [-0.05, 0) is 43.0 Å². The molecule has 0 saturated heterocycles. The SMILES string of the molecule is Cc1cc(C(O)C2Cc3ccccc32)c(C)s1. The van der Waals surface area contributed by atoms with Crippen molar-refractivity contribution in [1.29, 1.82) is 0 Å². The fourth-order valence-corrected chi connectivity index (χ4v) is 3.71. The molecule has 0 fully saturated rings. The zero-order valence-corrected chi connectivity index (χ0v) is 10.9. The summed E-state index contributed by atoms with van der Waals surface area (Å²) < 4.78 is 0. The summed E-state index contributed by atoms with van der Waals surface area (Å²) >= 11 is 1.77. The minimum Gasteiger partial charge on any atom is -0.388 e. The molecule has 2 heteroatoms. The Hall–Kier alpha value is -1.12. The van der Waals surface area contributed by atoms with Gasteiger partial charge in [-0.1, -0.05) is 24.3 Å². The molecule has 1 aliphatic carbocycles. The Bertz CT molecular complexity index is 556. The van der Waals surface area contributed by atoms with Gasteiger partial charge in [-0.25, -0.2) is 0 Å². The smallest absolute Gasteiger partial charge is 0.0872 e. The average molecular weight is 244 g/mol. The van der Waals surface area contributed by atoms with Crippen molar-refractivity contribution in [2.75, 3.05) is 0 Å². The molecule has 2 unspecified atom stereocenters. The number of benzene rings is 1. The third-order valence-corrected chi connectivity index (χ3v) is 4.66. The van der Waals surface area contributed by atoms with Crippen LogP contribution >= 0.6 is 11.3 Å². The lowest BCUT2D eigenvalue weighted by Crippen LogP contribution is -2.23. The number of aryl methyl sites for hydroxylation is 2. The summed E-state index contributed by atoms with van der Waals surface area (Å²) in [5, 5.41) is 10.5. The molecular formula is C15H16OS. The molecule has 1 aliphatic rings. The second-order valence-electron chi connectivity index (χ2n) is 4.82. The van der Waals surface area contributed by atoms with Gasteiger partial charge in [0.2, 0.25) is 0 Å². The van der Waals surface area contributed by atoms with Crippen molar-refractivity contribution in [3.05, 3.63) is 56.8 Å². The van der Waals surface area contributed by atoms with Gasteiger partial charge in [-0.3, -0.25) is 0 Å². The zero-order chi connectivity index (χ0) is 12.0. The van der Waals surface area contributed by atoms with E-state index in [0.717, 1.165) is 12.0 Å². The monoisotopic (exact) mass is 244 g/mol. The van der Waals surface area contributed by atoms with Gasteiger partial charge in [-0.15, -0.1) is 11.3 Å². The van der Waals surface area contributed by atoms with Crippen LogP contribution in [0, 0.1) is 13.8 Å². The van der Waals surface area contributed by atoms with Crippen LogP contribution in [0.4, 0.5) is 0 Å². The van der Waals surface area contributed by atoms with Gasteiger partial charge in [0.25, 0.3) is 0 Å². The normalized spacial score (nSPS) is 19.6. The number of thiophene rings is 1. The van der Waals surface area contributed by atoms with Gasteiger partial charge in [0, 0.05) is 15.7 Å². The van der Waals surface area contributed by atoms with Gasteiger partial charge in [0.15, 0.2) is 0 Å². The van der Waals surface area contributed by atoms with Crippen LogP contribution in [0.1, 0.15) is 38.5 Å². The molecule has 2 aromatic rings. The van der Waals surface area contributed by atoms with E-state index in [9.17, 15) is 5.11 Å². The number of hydrogen-bond donors (Lipinski definition) is 1. The molecule has 3 rings (SSSR count). The Kier molecular flexibility index (Phi) is 2.57. The highest BCUT2D eigenvalue weighted by molar-refractivity contribution is 7.12. The van der Waals surface area contributed by atoms with E-state index >= 15 is 0 Å². The van der Waals surface area contributed by atoms with Crippen molar-refractivity contribution in [2.45, 2.75) is 32.3 Å². The van der Waals surface area contributed by atoms with E-state index in [4.69, 9.17) is 0 Å². The van der Waals surface area contributed by atoms with Crippen LogP contribution < -0.4 is 0 Å². The van der Waals surface area contributed by atoms with Gasteiger partial charge in [0.05, 0.1) is 6.10 Å². The van der Waals surface area contributed by atoms with Crippen molar-refractivity contribution in [3.63, 3.8) is 0 Å². The van der Waals surface area contributed by atoms with Crippen molar-refractivity contribution in [2.24, 2.45) is 0 Å². The molecule has 17 heavy (non-hydrogen) atoms. The first kappa shape index (κ1) is 11.0. The van der Waals surface area contributed by atoms with Crippen LogP contribution in [0.25, 0.3) is 0 Å². The molecule has 88 valence electrons. The second kappa shape index (κ2) is 3.97. The first-order valence-corrected chi connectivity index (χ1v) is 6.81. The number of aliphatic hydroxyl groups is 1. The van der Waals surface area contributed by atoms with Crippen molar-refractivity contribution in [3.8, 4) is 0 Å². The molecule has 1 aromatic heterocycles. The largest absolute Gasteiger partial charge is 0.388 e. The summed E-state index contributed by atoms with van der Waals surface area (Å²) in [6.07, 6.45) is 0.668. The summed E-state index contributed by atoms with van der Waals surface area (Å²) in [6.45, 7) is 4.20. The molecule has 1 heterocycles. The Morgan fingerprint density at radius 1 is 1.29 bits per heavy atom. The van der Waals surface area contributed by atoms with Gasteiger partial charge >= 0.3 is 0 Å². The summed E-state index contributed by atoms with van der Waals surface area (Å²) in [5.41, 5.74) is 3.83. The lowest BCUT2D eigenvalue weighted by molar-refractivity contribution is 0.134. The minimum atomic E-state index is -0.338. The Labute approximate surface area is 106 Å². The van der Waals surface area contributed by atoms with Gasteiger partial charge in [-0.2, -0.15) is 0 Å². The van der Waals surface area contributed by atoms with Crippen LogP contribution in [-0.2, 0) is 6.42 Å². The van der Waals surface area contributed by atoms with Crippen LogP contribution in [0.5, 0.6) is 0 Å². The maximum atomic E-state index is 10.5. The predicted molar refractivity (Wildman–Crippen MR) is 71.6 cm³/mol. The van der Waals surface area contributed by atoms with Crippen molar-refractivity contribution in [1.82, 2.24) is 0 Å². The van der Waals surface area contributed by atoms with Crippen LogP contribution in [0.15, 0.2) is 30.3 Å². The van der Waals surface area contributed by atoms with E-state index in [1.165, 1.54) is 20.9 Å². The lowest BCUT2D eigenvalue weighted by atomic mass is 9.73. The molecule has 1 aromatic carbocycles. The summed E-state index contributed by atoms with van der Waals surface area (Å²) in [5.74, 6) is 0.291. The molecular weight excluding hydrogens is 228 g/mol. The Balaban J connectivity index is 1.91. The van der Waals surface area contributed by atoms with E-state index in [2.05, 4.69) is 44.2 Å². The topological polar surface area (TPSA) is 20.2 Å². The fraction of sp³-hybridized carbons (Fsp3) is 0.333. The van der Waals surface area contributed by atoms with Crippen molar-refractivity contribution >= 4 is 11.3 Å². The molecule has 0 bridgehead atoms. The zero-order valence-electron chi connectivity index (χ0n) is 10.1. The van der Waals surface area contributed by atoms with Gasteiger partial charge < -0.3 is 5.11 Å². The fourth-order valence-electron chi connectivity index (χ4n) is 2.74. The number of hydrogen-bond acceptors (Lipinski definition) is 2. The lowest BCUT2D eigenvalue weighted by Gasteiger charge is -2.34. The molecule has 0 radical (unpaired) electrons. The van der Waals surface area contributed by atoms with E-state index in [1.54, 1.807) is 11.3 Å². The molecule has 1 N–H and O–H groups in total. The third-order valence-electron chi connectivity index (χ3n) is 3.67. The maximum absolute atomic E-state index is 10.5.